The smallest absolute Gasteiger partial charge is 0.245 e. The summed E-state index contributed by atoms with van der Waals surface area (Å²) in [6, 6.07) is 7.36. The quantitative estimate of drug-likeness (QED) is 0.691. The fourth-order valence-electron chi connectivity index (χ4n) is 2.14. The highest BCUT2D eigenvalue weighted by atomic mass is 16.2. The van der Waals surface area contributed by atoms with Gasteiger partial charge in [0, 0.05) is 0 Å². The molecule has 0 amide bonds. The van der Waals surface area contributed by atoms with Crippen LogP contribution in [0.2, 0.25) is 0 Å². The molecule has 3 rings (SSSR count). The van der Waals surface area contributed by atoms with Crippen molar-refractivity contribution >= 4 is 0 Å². The summed E-state index contributed by atoms with van der Waals surface area (Å²) in [7, 11) is 0. The van der Waals surface area contributed by atoms with E-state index in [1.807, 2.05) is 31.2 Å². The summed E-state index contributed by atoms with van der Waals surface area (Å²) in [4.78, 5) is 24.4. The van der Waals surface area contributed by atoms with Crippen molar-refractivity contribution in [3.05, 3.63) is 62.9 Å². The zero-order valence-electron chi connectivity index (χ0n) is 10.0. The van der Waals surface area contributed by atoms with Crippen molar-refractivity contribution in [3.8, 4) is 5.69 Å². The molecule has 0 fully saturated rings. The van der Waals surface area contributed by atoms with E-state index < -0.39 is 0 Å². The second-order valence-corrected chi connectivity index (χ2v) is 4.37. The number of hydrogen-bond donors (Lipinski definition) is 0. The maximum atomic E-state index is 12.2. The second kappa shape index (κ2) is 3.87. The number of fused-ring (bicyclic) bond motifs is 1. The highest BCUT2D eigenvalue weighted by molar-refractivity contribution is 5.33. The molecule has 0 aliphatic carbocycles. The highest BCUT2D eigenvalue weighted by Gasteiger charge is 2.17. The molecule has 0 spiro atoms. The summed E-state index contributed by atoms with van der Waals surface area (Å²) in [5.41, 5.74) is 1.14. The van der Waals surface area contributed by atoms with E-state index in [9.17, 15) is 9.59 Å². The lowest BCUT2D eigenvalue weighted by Crippen LogP contribution is -2.28. The molecule has 0 saturated carbocycles. The molecule has 5 heteroatoms. The molecule has 2 heterocycles. The van der Waals surface area contributed by atoms with Crippen molar-refractivity contribution in [2.75, 3.05) is 0 Å². The Hall–Kier alpha value is -2.30. The topological polar surface area (TPSA) is 48.9 Å². The van der Waals surface area contributed by atoms with Crippen LogP contribution in [0.25, 0.3) is 5.69 Å². The van der Waals surface area contributed by atoms with Gasteiger partial charge in [-0.2, -0.15) is 0 Å². The van der Waals surface area contributed by atoms with Crippen molar-refractivity contribution < 1.29 is 0 Å². The number of rotatable bonds is 1. The van der Waals surface area contributed by atoms with Crippen LogP contribution in [-0.4, -0.2) is 13.9 Å². The SMILES string of the molecule is Cc1ccc(-n2c(=O)n3n(c2=O)CC=CC3)cc1. The third kappa shape index (κ3) is 1.48. The van der Waals surface area contributed by atoms with Crippen LogP contribution in [0.1, 0.15) is 5.56 Å². The third-order valence-electron chi connectivity index (χ3n) is 3.13. The maximum absolute atomic E-state index is 12.2. The molecule has 0 N–H and O–H groups in total. The average molecular weight is 243 g/mol. The number of benzene rings is 1. The minimum atomic E-state index is -0.284. The van der Waals surface area contributed by atoms with Gasteiger partial charge < -0.3 is 0 Å². The van der Waals surface area contributed by atoms with E-state index in [1.165, 1.54) is 13.9 Å². The van der Waals surface area contributed by atoms with Crippen LogP contribution >= 0.6 is 0 Å². The van der Waals surface area contributed by atoms with Crippen molar-refractivity contribution in [1.82, 2.24) is 13.9 Å². The largest absolute Gasteiger partial charge is 0.352 e. The molecule has 5 nitrogen and oxygen atoms in total. The maximum Gasteiger partial charge on any atom is 0.352 e. The Morgan fingerprint density at radius 2 is 1.39 bits per heavy atom. The Bertz CT molecular complexity index is 690. The Kier molecular flexibility index (Phi) is 2.33. The van der Waals surface area contributed by atoms with E-state index in [2.05, 4.69) is 0 Å². The van der Waals surface area contributed by atoms with E-state index >= 15 is 0 Å². The molecule has 18 heavy (non-hydrogen) atoms. The van der Waals surface area contributed by atoms with E-state index in [-0.39, 0.29) is 11.4 Å². The van der Waals surface area contributed by atoms with Crippen LogP contribution in [-0.2, 0) is 13.1 Å². The average Bonchev–Trinajstić information content (AvgIpc) is 2.64. The van der Waals surface area contributed by atoms with Crippen molar-refractivity contribution in [1.29, 1.82) is 0 Å². The zero-order valence-corrected chi connectivity index (χ0v) is 10.0. The number of hydrogen-bond acceptors (Lipinski definition) is 2. The van der Waals surface area contributed by atoms with Gasteiger partial charge in [0.2, 0.25) is 0 Å². The number of nitrogens with zero attached hydrogens (tertiary/aromatic N) is 3. The summed E-state index contributed by atoms with van der Waals surface area (Å²) in [6.07, 6.45) is 3.78. The van der Waals surface area contributed by atoms with Gasteiger partial charge in [0.05, 0.1) is 18.8 Å². The number of allylic oxidation sites excluding steroid dienone is 2. The predicted molar refractivity (Wildman–Crippen MR) is 68.2 cm³/mol. The van der Waals surface area contributed by atoms with Gasteiger partial charge in [-0.3, -0.25) is 0 Å². The first-order chi connectivity index (χ1) is 8.68. The predicted octanol–water partition coefficient (Wildman–Crippen LogP) is 0.679. The van der Waals surface area contributed by atoms with Crippen LogP contribution in [0.5, 0.6) is 0 Å². The molecule has 0 atom stereocenters. The van der Waals surface area contributed by atoms with E-state index in [4.69, 9.17) is 0 Å². The second-order valence-electron chi connectivity index (χ2n) is 4.37. The van der Waals surface area contributed by atoms with Gasteiger partial charge in [-0.15, -0.1) is 0 Å². The van der Waals surface area contributed by atoms with E-state index in [1.54, 1.807) is 12.1 Å². The first-order valence-electron chi connectivity index (χ1n) is 5.83. The lowest BCUT2D eigenvalue weighted by molar-refractivity contribution is 0.482. The minimum Gasteiger partial charge on any atom is -0.245 e. The standard InChI is InChI=1S/C13H13N3O2/c1-10-4-6-11(7-5-10)16-12(17)14-8-2-3-9-15(14)13(16)18/h2-7H,8-9H2,1H3. The molecule has 0 unspecified atom stereocenters. The van der Waals surface area contributed by atoms with Gasteiger partial charge >= 0.3 is 11.4 Å². The molecule has 0 bridgehead atoms. The van der Waals surface area contributed by atoms with Crippen molar-refractivity contribution in [2.45, 2.75) is 20.0 Å². The van der Waals surface area contributed by atoms with Gasteiger partial charge in [-0.1, -0.05) is 29.8 Å². The summed E-state index contributed by atoms with van der Waals surface area (Å²) < 4.78 is 4.14. The lowest BCUT2D eigenvalue weighted by Gasteiger charge is -2.08. The first-order valence-corrected chi connectivity index (χ1v) is 5.83. The van der Waals surface area contributed by atoms with Crippen LogP contribution in [0.3, 0.4) is 0 Å². The van der Waals surface area contributed by atoms with Gasteiger partial charge in [-0.25, -0.2) is 23.5 Å². The zero-order chi connectivity index (χ0) is 12.7. The lowest BCUT2D eigenvalue weighted by atomic mass is 10.2. The van der Waals surface area contributed by atoms with Gasteiger partial charge in [-0.05, 0) is 19.1 Å². The van der Waals surface area contributed by atoms with E-state index in [0.29, 0.717) is 18.8 Å². The van der Waals surface area contributed by atoms with Gasteiger partial charge in [0.15, 0.2) is 0 Å². The third-order valence-corrected chi connectivity index (χ3v) is 3.13. The Morgan fingerprint density at radius 1 is 0.889 bits per heavy atom. The molecule has 1 aliphatic heterocycles. The molecular formula is C13H13N3O2. The monoisotopic (exact) mass is 243 g/mol. The molecule has 2 aromatic rings. The minimum absolute atomic E-state index is 0.284. The summed E-state index contributed by atoms with van der Waals surface area (Å²) >= 11 is 0. The summed E-state index contributed by atoms with van der Waals surface area (Å²) in [5.74, 6) is 0. The summed E-state index contributed by atoms with van der Waals surface area (Å²) in [6.45, 7) is 2.87. The Morgan fingerprint density at radius 3 is 1.89 bits per heavy atom. The molecule has 1 aromatic heterocycles. The normalized spacial score (nSPS) is 13.6. The number of aryl methyl sites for hydroxylation is 1. The molecule has 92 valence electrons. The van der Waals surface area contributed by atoms with Crippen LogP contribution in [0, 0.1) is 6.92 Å². The van der Waals surface area contributed by atoms with Crippen molar-refractivity contribution in [3.63, 3.8) is 0 Å². The fraction of sp³-hybridized carbons (Fsp3) is 0.231. The summed E-state index contributed by atoms with van der Waals surface area (Å²) in [5, 5.41) is 0. The van der Waals surface area contributed by atoms with Gasteiger partial charge in [0.25, 0.3) is 0 Å². The fourth-order valence-corrected chi connectivity index (χ4v) is 2.14. The molecule has 0 radical (unpaired) electrons. The van der Waals surface area contributed by atoms with Crippen LogP contribution in [0.15, 0.2) is 46.0 Å². The van der Waals surface area contributed by atoms with E-state index in [0.717, 1.165) is 5.56 Å². The Balaban J connectivity index is 2.25. The van der Waals surface area contributed by atoms with Crippen LogP contribution < -0.4 is 11.4 Å². The molecule has 1 aliphatic rings. The molecular weight excluding hydrogens is 230 g/mol. The number of aromatic nitrogens is 3. The molecule has 1 aromatic carbocycles. The first kappa shape index (κ1) is 10.8. The van der Waals surface area contributed by atoms with Crippen molar-refractivity contribution in [2.24, 2.45) is 0 Å². The molecule has 0 saturated heterocycles. The van der Waals surface area contributed by atoms with Crippen LogP contribution in [0.4, 0.5) is 0 Å². The Labute approximate surface area is 103 Å². The van der Waals surface area contributed by atoms with Gasteiger partial charge in [0.1, 0.15) is 0 Å². The highest BCUT2D eigenvalue weighted by Crippen LogP contribution is 2.05.